The molecule has 4 fully saturated rings. The van der Waals surface area contributed by atoms with E-state index in [1.807, 2.05) is 69.2 Å². The first-order valence-corrected chi connectivity index (χ1v) is 31.9. The Hall–Kier alpha value is -5.34. The Balaban J connectivity index is 1.92. The molecule has 21 nitrogen and oxygen atoms in total. The number of nitrogens with one attached hydrogen (secondary N) is 2. The van der Waals surface area contributed by atoms with Crippen LogP contribution in [0.5, 0.6) is 0 Å². The molecule has 9 amide bonds. The summed E-state index contributed by atoms with van der Waals surface area (Å²) < 4.78 is 6.29. The van der Waals surface area contributed by atoms with Crippen molar-refractivity contribution in [3.05, 3.63) is 0 Å². The molecular weight excluding hydrogens is 1070 g/mol. The van der Waals surface area contributed by atoms with Gasteiger partial charge in [0.1, 0.15) is 54.4 Å². The molecule has 21 heteroatoms. The Morgan fingerprint density at radius 1 is 0.464 bits per heavy atom. The molecule has 4 rings (SSSR count). The highest BCUT2D eigenvalue weighted by atomic mass is 16.6. The van der Waals surface area contributed by atoms with E-state index in [1.165, 1.54) is 71.4 Å². The summed E-state index contributed by atoms with van der Waals surface area (Å²) in [6.45, 7) is 23.1. The molecule has 4 aliphatic rings. The number of carbonyl (C=O) groups is 10. The lowest BCUT2D eigenvalue weighted by atomic mass is 9.94. The molecule has 0 aromatic carbocycles. The number of ether oxygens (including phenoxy) is 1. The number of fused-ring (bicyclic) bond motifs is 3. The zero-order valence-corrected chi connectivity index (χ0v) is 54.2. The van der Waals surface area contributed by atoms with Crippen molar-refractivity contribution in [1.82, 2.24) is 44.9 Å². The Kier molecular flexibility index (Phi) is 27.9. The fourth-order valence-corrected chi connectivity index (χ4v) is 12.5. The Morgan fingerprint density at radius 3 is 1.39 bits per heavy atom. The van der Waals surface area contributed by atoms with Gasteiger partial charge in [-0.2, -0.15) is 0 Å². The van der Waals surface area contributed by atoms with Gasteiger partial charge < -0.3 is 54.8 Å². The van der Waals surface area contributed by atoms with E-state index < -0.39 is 132 Å². The van der Waals surface area contributed by atoms with Crippen LogP contribution in [0.1, 0.15) is 199 Å². The summed E-state index contributed by atoms with van der Waals surface area (Å²) >= 11 is 0. The van der Waals surface area contributed by atoms with Gasteiger partial charge in [-0.1, -0.05) is 75.7 Å². The molecule has 0 saturated carbocycles. The highest BCUT2D eigenvalue weighted by Gasteiger charge is 2.47. The second kappa shape index (κ2) is 33.0. The number of nitrogens with zero attached hydrogens (tertiary/aromatic N) is 7. The SMILES string of the molecule is CC[C@H](C)[C@H]1C(=O)O[C@@H](CCC(C)C)C(=O)N2CCCC[C@H]2C(=O)N[C@@H](CCC(C)C)C(=O)N(C)[C@@H](CCC(C)C)C(=O)N(C)[C@@H]([C@@H](C)O)C(=O)N2CCCC[C@H]2C(=O)N(C)[C@@H](CCC(C)C)C(=O)N[C@@H](C)C(=O)N2CCCC[C@H]2C(=O)N1C. The van der Waals surface area contributed by atoms with E-state index in [2.05, 4.69) is 10.6 Å². The van der Waals surface area contributed by atoms with E-state index in [-0.39, 0.29) is 88.3 Å². The molecule has 0 bridgehead atoms. The van der Waals surface area contributed by atoms with E-state index in [9.17, 15) is 33.9 Å². The van der Waals surface area contributed by atoms with Crippen LogP contribution < -0.4 is 10.6 Å². The monoisotopic (exact) mass is 1180 g/mol. The van der Waals surface area contributed by atoms with Crippen LogP contribution in [0.4, 0.5) is 0 Å². The van der Waals surface area contributed by atoms with Gasteiger partial charge >= 0.3 is 5.97 Å². The minimum Gasteiger partial charge on any atom is -0.451 e. The van der Waals surface area contributed by atoms with Crippen LogP contribution in [0, 0.1) is 29.6 Å². The van der Waals surface area contributed by atoms with Crippen molar-refractivity contribution in [2.24, 2.45) is 29.6 Å². The maximum Gasteiger partial charge on any atom is 0.329 e. The minimum atomic E-state index is -1.49. The number of hydrogen-bond donors (Lipinski definition) is 3. The van der Waals surface area contributed by atoms with Crippen molar-refractivity contribution >= 4 is 59.1 Å². The standard InChI is InChI=1S/C63H109N9O12/c1-17-42(10)52-63(83)84-51(34-30-41(8)9)61(81)70-35-21-18-24-47(70)55(75)65-45(31-27-38(2)3)57(77)67(14)48(33-29-40(6)7)58(78)69(16)53(44(12)73)62(82)72-37-23-20-25-49(72)59(79)66(13)46(32-28-39(4)5)54(74)64-43(11)56(76)71-36-22-19-26-50(71)60(80)68(52)15/h38-53,73H,17-37H2,1-16H3,(H,64,74)(H,65,75)/t42-,43-,44+,45-,46-,47-,48-,49-,50-,51-,52-,53-/m0/s1. The molecule has 4 heterocycles. The summed E-state index contributed by atoms with van der Waals surface area (Å²) in [5, 5.41) is 17.4. The number of amides is 9. The van der Waals surface area contributed by atoms with Crippen molar-refractivity contribution in [2.75, 3.05) is 47.8 Å². The molecule has 3 N–H and O–H groups in total. The molecule has 0 aliphatic carbocycles. The van der Waals surface area contributed by atoms with E-state index in [1.54, 1.807) is 0 Å². The molecule has 84 heavy (non-hydrogen) atoms. The lowest BCUT2D eigenvalue weighted by molar-refractivity contribution is -0.171. The summed E-state index contributed by atoms with van der Waals surface area (Å²) in [4.78, 5) is 159. The van der Waals surface area contributed by atoms with E-state index >= 15 is 19.2 Å². The third kappa shape index (κ3) is 18.6. The van der Waals surface area contributed by atoms with Gasteiger partial charge in [0.25, 0.3) is 5.91 Å². The quantitative estimate of drug-likeness (QED) is 0.172. The van der Waals surface area contributed by atoms with Crippen LogP contribution in [0.3, 0.4) is 0 Å². The highest BCUT2D eigenvalue weighted by Crippen LogP contribution is 2.29. The second-order valence-electron chi connectivity index (χ2n) is 26.6. The van der Waals surface area contributed by atoms with E-state index in [4.69, 9.17) is 4.74 Å². The molecule has 0 aromatic heterocycles. The number of esters is 1. The predicted molar refractivity (Wildman–Crippen MR) is 321 cm³/mol. The smallest absolute Gasteiger partial charge is 0.329 e. The molecule has 0 spiro atoms. The van der Waals surface area contributed by atoms with Crippen molar-refractivity contribution in [1.29, 1.82) is 0 Å². The first-order chi connectivity index (χ1) is 39.5. The zero-order valence-electron chi connectivity index (χ0n) is 54.2. The Bertz CT molecular complexity index is 2260. The number of cyclic esters (lactones) is 1. The first kappa shape index (κ1) is 71.1. The van der Waals surface area contributed by atoms with Crippen molar-refractivity contribution in [3.8, 4) is 0 Å². The second-order valence-corrected chi connectivity index (χ2v) is 26.6. The number of likely N-dealkylation sites (N-methyl/N-ethyl adjacent to an activating group) is 4. The number of hydrogen-bond acceptors (Lipinski definition) is 12. The van der Waals surface area contributed by atoms with Gasteiger partial charge in [0.15, 0.2) is 6.10 Å². The van der Waals surface area contributed by atoms with Crippen LogP contribution in [-0.2, 0) is 52.7 Å². The number of piperidine rings is 3. The summed E-state index contributed by atoms with van der Waals surface area (Å²) in [5.74, 6) is -5.96. The molecule has 0 radical (unpaired) electrons. The summed E-state index contributed by atoms with van der Waals surface area (Å²) in [7, 11) is 5.92. The van der Waals surface area contributed by atoms with Gasteiger partial charge in [-0.05, 0) is 153 Å². The fourth-order valence-electron chi connectivity index (χ4n) is 12.5. The maximum atomic E-state index is 15.2. The largest absolute Gasteiger partial charge is 0.451 e. The molecular formula is C63H109N9O12. The van der Waals surface area contributed by atoms with E-state index in [0.29, 0.717) is 70.6 Å². The minimum absolute atomic E-state index is 0.0913. The van der Waals surface area contributed by atoms with Crippen LogP contribution >= 0.6 is 0 Å². The van der Waals surface area contributed by atoms with Gasteiger partial charge in [0.2, 0.25) is 47.3 Å². The number of carbonyl (C=O) groups excluding carboxylic acids is 10. The third-order valence-corrected chi connectivity index (χ3v) is 18.1. The normalized spacial score (nSPS) is 28.8. The average Bonchev–Trinajstić information content (AvgIpc) is 3.05. The third-order valence-electron chi connectivity index (χ3n) is 18.1. The van der Waals surface area contributed by atoms with E-state index in [0.717, 1.165) is 4.90 Å². The predicted octanol–water partition coefficient (Wildman–Crippen LogP) is 5.52. The molecule has 478 valence electrons. The van der Waals surface area contributed by atoms with Gasteiger partial charge in [-0.25, -0.2) is 4.79 Å². The fraction of sp³-hybridized carbons (Fsp3) is 0.841. The average molecular weight is 1180 g/mol. The van der Waals surface area contributed by atoms with Crippen LogP contribution in [0.15, 0.2) is 0 Å². The van der Waals surface area contributed by atoms with Crippen LogP contribution in [0.25, 0.3) is 0 Å². The molecule has 0 unspecified atom stereocenters. The summed E-state index contributed by atoms with van der Waals surface area (Å²) in [6.07, 6.45) is 4.72. The number of rotatable bonds is 15. The summed E-state index contributed by atoms with van der Waals surface area (Å²) in [6, 6.07) is -10.3. The zero-order chi connectivity index (χ0) is 63.0. The molecule has 0 aromatic rings. The van der Waals surface area contributed by atoms with Crippen molar-refractivity contribution < 1.29 is 57.8 Å². The van der Waals surface area contributed by atoms with Crippen molar-refractivity contribution in [3.63, 3.8) is 0 Å². The maximum absolute atomic E-state index is 15.2. The Labute approximate surface area is 502 Å². The lowest BCUT2D eigenvalue weighted by Crippen LogP contribution is -2.64. The molecule has 12 atom stereocenters. The summed E-state index contributed by atoms with van der Waals surface area (Å²) in [5.41, 5.74) is 0. The van der Waals surface area contributed by atoms with Crippen LogP contribution in [0.2, 0.25) is 0 Å². The van der Waals surface area contributed by atoms with Gasteiger partial charge in [0, 0.05) is 47.8 Å². The molecule has 4 saturated heterocycles. The van der Waals surface area contributed by atoms with Crippen LogP contribution in [-0.4, -0.2) is 213 Å². The van der Waals surface area contributed by atoms with Crippen molar-refractivity contribution in [2.45, 2.75) is 265 Å². The topological polar surface area (TPSA) is 247 Å². The van der Waals surface area contributed by atoms with Gasteiger partial charge in [0.05, 0.1) is 6.10 Å². The Morgan fingerprint density at radius 2 is 0.893 bits per heavy atom. The molecule has 4 aliphatic heterocycles. The van der Waals surface area contributed by atoms with Gasteiger partial charge in [-0.15, -0.1) is 0 Å². The lowest BCUT2D eigenvalue weighted by Gasteiger charge is -2.43. The first-order valence-electron chi connectivity index (χ1n) is 31.9. The highest BCUT2D eigenvalue weighted by molar-refractivity contribution is 5.99. The van der Waals surface area contributed by atoms with Gasteiger partial charge in [-0.3, -0.25) is 43.2 Å². The number of aliphatic hydroxyl groups excluding tert-OH is 1. The number of aliphatic hydroxyl groups is 1.